The molecular formula is C24H28N4O3. The maximum Gasteiger partial charge on any atom is 0.272 e. The Bertz CT molecular complexity index is 1090. The Morgan fingerprint density at radius 1 is 1.06 bits per heavy atom. The normalized spacial score (nSPS) is 14.6. The van der Waals surface area contributed by atoms with Gasteiger partial charge < -0.3 is 15.4 Å². The quantitative estimate of drug-likeness (QED) is 0.485. The van der Waals surface area contributed by atoms with E-state index in [0.29, 0.717) is 23.5 Å². The predicted octanol–water partition coefficient (Wildman–Crippen LogP) is 3.47. The van der Waals surface area contributed by atoms with Crippen LogP contribution in [-0.2, 0) is 9.53 Å². The molecular weight excluding hydrogens is 392 g/mol. The molecule has 0 radical (unpaired) electrons. The Kier molecular flexibility index (Phi) is 7.07. The van der Waals surface area contributed by atoms with Gasteiger partial charge in [-0.2, -0.15) is 5.10 Å². The van der Waals surface area contributed by atoms with Gasteiger partial charge in [-0.15, -0.1) is 0 Å². The number of benzene rings is 2. The van der Waals surface area contributed by atoms with Crippen LogP contribution in [0.3, 0.4) is 0 Å². The number of carbonyl (C=O) groups excluding carboxylic acids is 1. The molecule has 31 heavy (non-hydrogen) atoms. The van der Waals surface area contributed by atoms with Crippen molar-refractivity contribution in [2.75, 3.05) is 25.1 Å². The molecule has 1 amide bonds. The van der Waals surface area contributed by atoms with Crippen molar-refractivity contribution in [1.82, 2.24) is 15.5 Å². The number of unbranched alkanes of at least 4 members (excludes halogenated alkanes) is 1. The van der Waals surface area contributed by atoms with Crippen LogP contribution < -0.4 is 16.2 Å². The molecule has 0 spiro atoms. The fraction of sp³-hybridized carbons (Fsp3) is 0.375. The molecule has 0 aliphatic carbocycles. The van der Waals surface area contributed by atoms with Gasteiger partial charge in [0.25, 0.3) is 5.56 Å². The molecule has 1 aromatic heterocycles. The molecule has 4 rings (SSSR count). The van der Waals surface area contributed by atoms with Gasteiger partial charge in [0.15, 0.2) is 0 Å². The van der Waals surface area contributed by atoms with Crippen LogP contribution in [0.25, 0.3) is 22.0 Å². The molecule has 2 heterocycles. The van der Waals surface area contributed by atoms with Gasteiger partial charge in [-0.1, -0.05) is 30.3 Å². The van der Waals surface area contributed by atoms with Gasteiger partial charge in [-0.05, 0) is 50.4 Å². The van der Waals surface area contributed by atoms with Crippen molar-refractivity contribution in [2.24, 2.45) is 0 Å². The minimum absolute atomic E-state index is 0.00232. The molecule has 1 saturated heterocycles. The third-order valence-corrected chi connectivity index (χ3v) is 5.60. The number of hydrogen-bond donors (Lipinski definition) is 3. The summed E-state index contributed by atoms with van der Waals surface area (Å²) >= 11 is 0. The van der Waals surface area contributed by atoms with Crippen molar-refractivity contribution in [3.8, 4) is 11.3 Å². The summed E-state index contributed by atoms with van der Waals surface area (Å²) < 4.78 is 5.37. The lowest BCUT2D eigenvalue weighted by Crippen LogP contribution is -2.35. The van der Waals surface area contributed by atoms with Gasteiger partial charge in [0.05, 0.1) is 11.1 Å². The summed E-state index contributed by atoms with van der Waals surface area (Å²) in [5.74, 6) is 0.00232. The smallest absolute Gasteiger partial charge is 0.272 e. The van der Waals surface area contributed by atoms with E-state index >= 15 is 0 Å². The lowest BCUT2D eigenvalue weighted by Gasteiger charge is -2.23. The molecule has 162 valence electrons. The fourth-order valence-corrected chi connectivity index (χ4v) is 3.92. The summed E-state index contributed by atoms with van der Waals surface area (Å²) in [5.41, 5.74) is 2.03. The molecule has 2 aromatic carbocycles. The largest absolute Gasteiger partial charge is 0.381 e. The number of aromatic amines is 1. The van der Waals surface area contributed by atoms with Crippen LogP contribution in [0.4, 0.5) is 5.69 Å². The van der Waals surface area contributed by atoms with E-state index < -0.39 is 0 Å². The minimum atomic E-state index is -0.213. The van der Waals surface area contributed by atoms with Crippen LogP contribution in [0.15, 0.2) is 53.3 Å². The molecule has 0 saturated carbocycles. The maximum absolute atomic E-state index is 12.4. The Balaban J connectivity index is 1.32. The molecule has 1 aliphatic rings. The maximum atomic E-state index is 12.4. The van der Waals surface area contributed by atoms with Crippen molar-refractivity contribution in [2.45, 2.75) is 38.1 Å². The van der Waals surface area contributed by atoms with Crippen LogP contribution >= 0.6 is 0 Å². The summed E-state index contributed by atoms with van der Waals surface area (Å²) in [6, 6.07) is 15.5. The number of amides is 1. The summed E-state index contributed by atoms with van der Waals surface area (Å²) in [4.78, 5) is 24.4. The van der Waals surface area contributed by atoms with E-state index in [1.165, 1.54) is 0 Å². The highest BCUT2D eigenvalue weighted by molar-refractivity contribution is 5.95. The first kappa shape index (κ1) is 21.2. The topological polar surface area (TPSA) is 96.1 Å². The molecule has 3 aromatic rings. The Labute approximate surface area is 181 Å². The Morgan fingerprint density at radius 2 is 1.87 bits per heavy atom. The first-order valence-corrected chi connectivity index (χ1v) is 10.9. The average molecular weight is 421 g/mol. The van der Waals surface area contributed by atoms with Crippen molar-refractivity contribution >= 4 is 22.4 Å². The van der Waals surface area contributed by atoms with Crippen molar-refractivity contribution < 1.29 is 9.53 Å². The SMILES string of the molecule is O=C(CCCCNC1CCOCC1)Nc1cccc(-c2n[nH]c(=O)c3ccccc23)c1. The summed E-state index contributed by atoms with van der Waals surface area (Å²) in [5, 5.41) is 14.7. The fourth-order valence-electron chi connectivity index (χ4n) is 3.92. The first-order valence-electron chi connectivity index (χ1n) is 10.9. The first-order chi connectivity index (χ1) is 15.2. The second-order valence-electron chi connectivity index (χ2n) is 7.87. The highest BCUT2D eigenvalue weighted by Gasteiger charge is 2.13. The third-order valence-electron chi connectivity index (χ3n) is 5.60. The number of nitrogens with one attached hydrogen (secondary N) is 3. The lowest BCUT2D eigenvalue weighted by atomic mass is 10.0. The summed E-state index contributed by atoms with van der Waals surface area (Å²) in [6.07, 6.45) is 4.43. The van der Waals surface area contributed by atoms with Gasteiger partial charge in [-0.3, -0.25) is 9.59 Å². The predicted molar refractivity (Wildman–Crippen MR) is 122 cm³/mol. The standard InChI is InChI=1S/C24H28N4O3/c29-22(10-3-4-13-25-18-11-14-31-15-12-18)26-19-7-5-6-17(16-19)23-20-8-1-2-9-21(20)24(30)28-27-23/h1-2,5-9,16,18,25H,3-4,10-15H2,(H,26,29)(H,28,30). The van der Waals surface area contributed by atoms with Crippen LogP contribution in [0, 0.1) is 0 Å². The van der Waals surface area contributed by atoms with Crippen LogP contribution in [-0.4, -0.2) is 41.9 Å². The lowest BCUT2D eigenvalue weighted by molar-refractivity contribution is -0.116. The van der Waals surface area contributed by atoms with Crippen LogP contribution in [0.1, 0.15) is 32.1 Å². The van der Waals surface area contributed by atoms with E-state index in [4.69, 9.17) is 4.74 Å². The molecule has 1 fully saturated rings. The Morgan fingerprint density at radius 3 is 2.71 bits per heavy atom. The van der Waals surface area contributed by atoms with E-state index in [0.717, 1.165) is 62.1 Å². The number of fused-ring (bicyclic) bond motifs is 1. The van der Waals surface area contributed by atoms with E-state index in [1.54, 1.807) is 6.07 Å². The van der Waals surface area contributed by atoms with E-state index in [2.05, 4.69) is 20.8 Å². The highest BCUT2D eigenvalue weighted by Crippen LogP contribution is 2.26. The van der Waals surface area contributed by atoms with Crippen LogP contribution in [0.2, 0.25) is 0 Å². The summed E-state index contributed by atoms with van der Waals surface area (Å²) in [6.45, 7) is 2.60. The number of nitrogens with zero attached hydrogens (tertiary/aromatic N) is 1. The van der Waals surface area contributed by atoms with E-state index in [-0.39, 0.29) is 11.5 Å². The molecule has 7 nitrogen and oxygen atoms in total. The second-order valence-corrected chi connectivity index (χ2v) is 7.87. The van der Waals surface area contributed by atoms with Crippen molar-refractivity contribution in [3.05, 3.63) is 58.9 Å². The monoisotopic (exact) mass is 420 g/mol. The average Bonchev–Trinajstić information content (AvgIpc) is 2.80. The number of rotatable bonds is 8. The molecule has 0 atom stereocenters. The van der Waals surface area contributed by atoms with E-state index in [9.17, 15) is 9.59 Å². The molecule has 7 heteroatoms. The van der Waals surface area contributed by atoms with Gasteiger partial charge in [-0.25, -0.2) is 5.10 Å². The highest BCUT2D eigenvalue weighted by atomic mass is 16.5. The zero-order valence-corrected chi connectivity index (χ0v) is 17.5. The van der Waals surface area contributed by atoms with Gasteiger partial charge >= 0.3 is 0 Å². The van der Waals surface area contributed by atoms with Gasteiger partial charge in [0.1, 0.15) is 0 Å². The van der Waals surface area contributed by atoms with Crippen molar-refractivity contribution in [1.29, 1.82) is 0 Å². The molecule has 0 bridgehead atoms. The molecule has 3 N–H and O–H groups in total. The number of aromatic nitrogens is 2. The number of ether oxygens (including phenoxy) is 1. The molecule has 0 unspecified atom stereocenters. The van der Waals surface area contributed by atoms with Crippen molar-refractivity contribution in [3.63, 3.8) is 0 Å². The minimum Gasteiger partial charge on any atom is -0.381 e. The number of hydrogen-bond acceptors (Lipinski definition) is 5. The second kappa shape index (κ2) is 10.3. The number of carbonyl (C=O) groups is 1. The number of H-pyrrole nitrogens is 1. The Hall–Kier alpha value is -3.03. The molecule has 1 aliphatic heterocycles. The zero-order valence-electron chi connectivity index (χ0n) is 17.5. The summed E-state index contributed by atoms with van der Waals surface area (Å²) in [7, 11) is 0. The third kappa shape index (κ3) is 5.57. The zero-order chi connectivity index (χ0) is 21.5. The number of anilines is 1. The van der Waals surface area contributed by atoms with E-state index in [1.807, 2.05) is 42.5 Å². The van der Waals surface area contributed by atoms with Crippen LogP contribution in [0.5, 0.6) is 0 Å². The van der Waals surface area contributed by atoms with Gasteiger partial charge in [0.2, 0.25) is 5.91 Å². The van der Waals surface area contributed by atoms with Gasteiger partial charge in [0, 0.05) is 42.3 Å².